The topological polar surface area (TPSA) is 272 Å². The van der Waals surface area contributed by atoms with E-state index in [2.05, 4.69) is 85.8 Å². The first-order valence-corrected chi connectivity index (χ1v) is 29.5. The Morgan fingerprint density at radius 3 is 1.03 bits per heavy atom. The quantitative estimate of drug-likeness (QED) is 0.0444. The molecule has 23 nitrogen and oxygen atoms in total. The fourth-order valence-corrected chi connectivity index (χ4v) is 10.2. The molecule has 0 radical (unpaired) electrons. The maximum Gasteiger partial charge on any atom is 0.252 e. The smallest absolute Gasteiger partial charge is 0.252 e. The second-order valence-electron chi connectivity index (χ2n) is 22.1. The first kappa shape index (κ1) is 61.0. The molecule has 25 heteroatoms. The number of aryl methyl sites for hydroxylation is 6. The Kier molecular flexibility index (Phi) is 18.7. The number of benzene rings is 3. The first-order valence-electron chi connectivity index (χ1n) is 29.5. The zero-order valence-electron chi connectivity index (χ0n) is 51.0. The molecule has 90 heavy (non-hydrogen) atoms. The van der Waals surface area contributed by atoms with Crippen molar-refractivity contribution in [2.24, 2.45) is 53.8 Å². The van der Waals surface area contributed by atoms with E-state index < -0.39 is 5.92 Å². The van der Waals surface area contributed by atoms with Crippen molar-refractivity contribution in [3.63, 3.8) is 0 Å². The minimum atomic E-state index is -2.61. The van der Waals surface area contributed by atoms with Gasteiger partial charge in [-0.05, 0) is 67.2 Å². The summed E-state index contributed by atoms with van der Waals surface area (Å²) in [6.07, 6.45) is 30.4. The van der Waals surface area contributed by atoms with E-state index in [1.165, 1.54) is 0 Å². The van der Waals surface area contributed by atoms with Crippen molar-refractivity contribution in [1.29, 1.82) is 0 Å². The Morgan fingerprint density at radius 1 is 0.400 bits per heavy atom. The van der Waals surface area contributed by atoms with Crippen molar-refractivity contribution in [3.8, 4) is 101 Å². The highest BCUT2D eigenvalue weighted by Crippen LogP contribution is 2.41. The van der Waals surface area contributed by atoms with Crippen LogP contribution in [0.5, 0.6) is 0 Å². The van der Waals surface area contributed by atoms with Gasteiger partial charge in [0.05, 0.1) is 37.2 Å². The highest BCUT2D eigenvalue weighted by atomic mass is 19.3. The maximum atomic E-state index is 13.4. The molecule has 0 saturated heterocycles. The molecule has 0 bridgehead atoms. The van der Waals surface area contributed by atoms with E-state index >= 15 is 0 Å². The fourth-order valence-electron chi connectivity index (χ4n) is 10.2. The van der Waals surface area contributed by atoms with E-state index in [0.29, 0.717) is 36.4 Å². The normalized spacial score (nSPS) is 12.6. The zero-order chi connectivity index (χ0) is 62.7. The Hall–Kier alpha value is -10.7. The molecular weight excluding hydrogens is 1140 g/mol. The Balaban J connectivity index is 0.000000139. The number of hydrogen-bond donors (Lipinski definition) is 5. The van der Waals surface area contributed by atoms with E-state index in [4.69, 9.17) is 26.4 Å². The van der Waals surface area contributed by atoms with Crippen LogP contribution in [-0.4, -0.2) is 127 Å². The molecule has 0 spiro atoms. The van der Waals surface area contributed by atoms with E-state index in [9.17, 15) is 8.78 Å². The molecule has 1 aliphatic carbocycles. The Labute approximate surface area is 519 Å². The van der Waals surface area contributed by atoms with Crippen LogP contribution in [0.1, 0.15) is 32.1 Å². The van der Waals surface area contributed by atoms with Crippen LogP contribution in [0.4, 0.5) is 26.2 Å². The zero-order valence-corrected chi connectivity index (χ0v) is 51.0. The number of halogens is 2. The van der Waals surface area contributed by atoms with Gasteiger partial charge < -0.3 is 27.4 Å². The maximum absolute atomic E-state index is 13.4. The van der Waals surface area contributed by atoms with Crippen LogP contribution in [0, 0.1) is 0 Å². The van der Waals surface area contributed by atoms with Gasteiger partial charge in [-0.15, -0.1) is 0 Å². The standard InChI is InChI=1S/C22H21F2N7.C22H26N8.C21H24N8/c1-30-12-16(9-26-30)14-4-3-5-15(6-14)20-25-11-19(17-10-27-31(2)13-17)21(29-20)28-18-7-22(23,24)8-18;1-29-14-18(11-26-29)16-6-5-7-17(10-16)21-25-13-20(19-12-27-30(2)15-19)22(28-21)24-9-4-3-8-23;1-28-13-17(10-25-28)15-5-3-6-16(9-15)20-24-12-19(18-11-26-29(2)14-18)21(27-20)23-8-4-7-22/h3-6,9-13,18H,7-8H2,1-2H3,(H,25,28,29);5-7,10-15H,3-4,8-9,23H2,1-2H3,(H,24,25,28);3,5-6,9-14H,4,7-8,22H2,1-2H3,(H,23,24,27). The predicted octanol–water partition coefficient (Wildman–Crippen LogP) is 9.95. The Morgan fingerprint density at radius 2 is 0.711 bits per heavy atom. The molecule has 3 aromatic carbocycles. The largest absolute Gasteiger partial charge is 0.369 e. The van der Waals surface area contributed by atoms with Gasteiger partial charge in [0, 0.05) is 197 Å². The molecule has 12 aromatic rings. The summed E-state index contributed by atoms with van der Waals surface area (Å²) in [7, 11) is 11.3. The van der Waals surface area contributed by atoms with Crippen molar-refractivity contribution in [2.75, 3.05) is 42.1 Å². The summed E-state index contributed by atoms with van der Waals surface area (Å²) in [5.41, 5.74) is 25.6. The molecule has 0 unspecified atom stereocenters. The number of rotatable bonds is 20. The van der Waals surface area contributed by atoms with Gasteiger partial charge in [-0.3, -0.25) is 28.1 Å². The summed E-state index contributed by atoms with van der Waals surface area (Å²) in [6.45, 7) is 2.86. The van der Waals surface area contributed by atoms with Crippen molar-refractivity contribution >= 4 is 17.5 Å². The van der Waals surface area contributed by atoms with Crippen LogP contribution < -0.4 is 27.4 Å². The van der Waals surface area contributed by atoms with Gasteiger partial charge in [0.15, 0.2) is 17.5 Å². The minimum Gasteiger partial charge on any atom is -0.369 e. The summed E-state index contributed by atoms with van der Waals surface area (Å²) in [5.74, 6) is 1.37. The third-order valence-corrected chi connectivity index (χ3v) is 14.9. The number of nitrogens with zero attached hydrogens (tertiary/aromatic N) is 18. The first-order chi connectivity index (χ1) is 43.6. The van der Waals surface area contributed by atoms with Crippen LogP contribution >= 0.6 is 0 Å². The monoisotopic (exact) mass is 1210 g/mol. The molecule has 0 amide bonds. The average molecular weight is 1210 g/mol. The molecule has 13 rings (SSSR count). The molecule has 1 aliphatic rings. The summed E-state index contributed by atoms with van der Waals surface area (Å²) in [4.78, 5) is 28.2. The van der Waals surface area contributed by atoms with Gasteiger partial charge in [-0.25, -0.2) is 38.7 Å². The van der Waals surface area contributed by atoms with Crippen molar-refractivity contribution in [3.05, 3.63) is 166 Å². The van der Waals surface area contributed by atoms with Gasteiger partial charge in [-0.2, -0.15) is 30.6 Å². The highest BCUT2D eigenvalue weighted by molar-refractivity contribution is 5.80. The third-order valence-electron chi connectivity index (χ3n) is 14.9. The van der Waals surface area contributed by atoms with E-state index in [1.54, 1.807) is 46.7 Å². The number of nitrogens with two attached hydrogens (primary N) is 2. The molecule has 7 N–H and O–H groups in total. The van der Waals surface area contributed by atoms with Crippen LogP contribution in [0.3, 0.4) is 0 Å². The second-order valence-corrected chi connectivity index (χ2v) is 22.1. The van der Waals surface area contributed by atoms with Gasteiger partial charge in [0.2, 0.25) is 0 Å². The van der Waals surface area contributed by atoms with E-state index in [1.807, 2.05) is 165 Å². The molecule has 9 heterocycles. The number of hydrogen-bond acceptors (Lipinski definition) is 17. The number of nitrogens with one attached hydrogen (secondary N) is 3. The van der Waals surface area contributed by atoms with Crippen LogP contribution in [-0.2, 0) is 42.3 Å². The molecule has 0 atom stereocenters. The highest BCUT2D eigenvalue weighted by Gasteiger charge is 2.45. The lowest BCUT2D eigenvalue weighted by atomic mass is 9.88. The number of aromatic nitrogens is 18. The van der Waals surface area contributed by atoms with Gasteiger partial charge in [0.1, 0.15) is 17.5 Å². The molecule has 9 aromatic heterocycles. The lowest BCUT2D eigenvalue weighted by Gasteiger charge is -2.36. The summed E-state index contributed by atoms with van der Waals surface area (Å²) in [6, 6.07) is 23.9. The summed E-state index contributed by atoms with van der Waals surface area (Å²) in [5, 5.41) is 35.5. The number of anilines is 3. The summed E-state index contributed by atoms with van der Waals surface area (Å²) < 4.78 is 37.3. The van der Waals surface area contributed by atoms with Gasteiger partial charge >= 0.3 is 0 Å². The van der Waals surface area contributed by atoms with Crippen molar-refractivity contribution in [1.82, 2.24) is 88.6 Å². The van der Waals surface area contributed by atoms with Gasteiger partial charge in [-0.1, -0.05) is 54.6 Å². The van der Waals surface area contributed by atoms with Crippen LogP contribution in [0.15, 0.2) is 166 Å². The predicted molar refractivity (Wildman–Crippen MR) is 346 cm³/mol. The molecular formula is C65H71F2N23. The lowest BCUT2D eigenvalue weighted by molar-refractivity contribution is -0.0794. The number of alkyl halides is 2. The second kappa shape index (κ2) is 27.6. The average Bonchev–Trinajstić information content (AvgIpc) is 1.52. The molecule has 0 aliphatic heterocycles. The third kappa shape index (κ3) is 15.0. The SMILES string of the molecule is Cn1cc(-c2cccc(-c3ncc(-c4cnn(C)c4)c(NC4CC(F)(F)C4)n3)c2)cn1.Cn1cc(-c2cccc(-c3ncc(-c4cnn(C)c4)c(NCCCCN)n3)c2)cn1.Cn1cc(-c2cccc(-c3ncc(-c4cnn(C)c4)c(NCCCN)n3)c2)cn1. The minimum absolute atomic E-state index is 0.199. The van der Waals surface area contributed by atoms with Crippen molar-refractivity contribution in [2.45, 2.75) is 44.1 Å². The van der Waals surface area contributed by atoms with Gasteiger partial charge in [0.25, 0.3) is 5.92 Å². The van der Waals surface area contributed by atoms with Crippen LogP contribution in [0.25, 0.3) is 101 Å². The molecule has 1 fully saturated rings. The lowest BCUT2D eigenvalue weighted by Crippen LogP contribution is -2.44. The fraction of sp³-hybridized carbons (Fsp3) is 0.262. The molecule has 1 saturated carbocycles. The summed E-state index contributed by atoms with van der Waals surface area (Å²) >= 11 is 0. The number of unbranched alkanes of at least 4 members (excludes halogenated alkanes) is 1. The molecule has 460 valence electrons. The van der Waals surface area contributed by atoms with E-state index in [0.717, 1.165) is 127 Å². The van der Waals surface area contributed by atoms with Crippen molar-refractivity contribution < 1.29 is 8.78 Å². The van der Waals surface area contributed by atoms with E-state index in [-0.39, 0.29) is 18.9 Å². The Bertz CT molecular complexity index is 4350. The van der Waals surface area contributed by atoms with Crippen LogP contribution in [0.2, 0.25) is 0 Å².